The highest BCUT2D eigenvalue weighted by atomic mass is 35.5. The summed E-state index contributed by atoms with van der Waals surface area (Å²) in [7, 11) is 0. The number of fused-ring (bicyclic) bond motifs is 1. The Labute approximate surface area is 138 Å². The molecular weight excluding hydrogens is 314 g/mol. The number of hydrogen-bond acceptors (Lipinski definition) is 3. The Morgan fingerprint density at radius 1 is 1.17 bits per heavy atom. The number of aromatic amines is 2. The van der Waals surface area contributed by atoms with Crippen molar-refractivity contribution in [2.45, 2.75) is 19.1 Å². The lowest BCUT2D eigenvalue weighted by atomic mass is 10.1. The van der Waals surface area contributed by atoms with Crippen LogP contribution < -0.4 is 11.0 Å². The molecule has 23 heavy (non-hydrogen) atoms. The fourth-order valence-electron chi connectivity index (χ4n) is 2.58. The van der Waals surface area contributed by atoms with Crippen molar-refractivity contribution in [1.29, 1.82) is 0 Å². The van der Waals surface area contributed by atoms with Gasteiger partial charge in [-0.1, -0.05) is 35.9 Å². The van der Waals surface area contributed by atoms with Crippen molar-refractivity contribution < 1.29 is 5.11 Å². The van der Waals surface area contributed by atoms with Crippen molar-refractivity contribution in [3.8, 4) is 0 Å². The van der Waals surface area contributed by atoms with Crippen LogP contribution in [0.2, 0.25) is 5.02 Å². The lowest BCUT2D eigenvalue weighted by Gasteiger charge is -2.18. The Hall–Kier alpha value is -2.08. The fourth-order valence-corrected chi connectivity index (χ4v) is 2.84. The van der Waals surface area contributed by atoms with Gasteiger partial charge in [0.05, 0.1) is 17.1 Å². The molecule has 120 valence electrons. The van der Waals surface area contributed by atoms with E-state index in [-0.39, 0.29) is 11.7 Å². The minimum atomic E-state index is -0.679. The van der Waals surface area contributed by atoms with Crippen molar-refractivity contribution >= 4 is 22.6 Å². The summed E-state index contributed by atoms with van der Waals surface area (Å²) < 4.78 is 0. The molecule has 2 atom stereocenters. The Bertz CT molecular complexity index is 871. The average Bonchev–Trinajstić information content (AvgIpc) is 2.91. The second-order valence-corrected chi connectivity index (χ2v) is 5.96. The van der Waals surface area contributed by atoms with Gasteiger partial charge in [0.1, 0.15) is 0 Å². The number of aliphatic hydroxyl groups is 1. The molecule has 0 bridgehead atoms. The van der Waals surface area contributed by atoms with E-state index in [2.05, 4.69) is 15.3 Å². The molecular formula is C17H18ClN3O2. The van der Waals surface area contributed by atoms with Crippen LogP contribution in [0.1, 0.15) is 30.2 Å². The van der Waals surface area contributed by atoms with Gasteiger partial charge >= 0.3 is 5.69 Å². The summed E-state index contributed by atoms with van der Waals surface area (Å²) in [5.41, 5.74) is 3.07. The van der Waals surface area contributed by atoms with Crippen molar-refractivity contribution in [1.82, 2.24) is 15.3 Å². The fraction of sp³-hybridized carbons (Fsp3) is 0.235. The van der Waals surface area contributed by atoms with Crippen LogP contribution in [0.5, 0.6) is 0 Å². The first-order chi connectivity index (χ1) is 11.0. The molecule has 0 radical (unpaired) electrons. The van der Waals surface area contributed by atoms with E-state index in [9.17, 15) is 9.90 Å². The van der Waals surface area contributed by atoms with E-state index >= 15 is 0 Å². The molecule has 0 aliphatic heterocycles. The summed E-state index contributed by atoms with van der Waals surface area (Å²) in [4.78, 5) is 16.8. The first-order valence-corrected chi connectivity index (χ1v) is 7.80. The summed E-state index contributed by atoms with van der Waals surface area (Å²) >= 11 is 6.09. The predicted molar refractivity (Wildman–Crippen MR) is 91.7 cm³/mol. The molecule has 6 heteroatoms. The number of H-pyrrole nitrogens is 2. The number of halogens is 1. The summed E-state index contributed by atoms with van der Waals surface area (Å²) in [6.45, 7) is 2.39. The second-order valence-electron chi connectivity index (χ2n) is 5.55. The van der Waals surface area contributed by atoms with Crippen LogP contribution in [0.3, 0.4) is 0 Å². The maximum atomic E-state index is 11.3. The van der Waals surface area contributed by atoms with E-state index < -0.39 is 6.10 Å². The summed E-state index contributed by atoms with van der Waals surface area (Å²) in [6.07, 6.45) is -0.679. The minimum Gasteiger partial charge on any atom is -0.387 e. The third-order valence-electron chi connectivity index (χ3n) is 3.92. The summed E-state index contributed by atoms with van der Waals surface area (Å²) in [5, 5.41) is 14.1. The first-order valence-electron chi connectivity index (χ1n) is 7.42. The number of benzene rings is 2. The van der Waals surface area contributed by atoms with Gasteiger partial charge in [-0.05, 0) is 30.7 Å². The molecule has 3 aromatic rings. The third-order valence-corrected chi connectivity index (χ3v) is 4.27. The molecule has 1 aromatic heterocycles. The Morgan fingerprint density at radius 3 is 2.70 bits per heavy atom. The zero-order chi connectivity index (χ0) is 16.4. The molecule has 0 fully saturated rings. The highest BCUT2D eigenvalue weighted by Gasteiger charge is 2.13. The van der Waals surface area contributed by atoms with Gasteiger partial charge in [0.25, 0.3) is 0 Å². The van der Waals surface area contributed by atoms with Gasteiger partial charge in [-0.25, -0.2) is 4.79 Å². The van der Waals surface area contributed by atoms with Crippen molar-refractivity contribution in [3.63, 3.8) is 0 Å². The van der Waals surface area contributed by atoms with Crippen LogP contribution in [0.25, 0.3) is 11.0 Å². The van der Waals surface area contributed by atoms with Crippen LogP contribution in [0, 0.1) is 0 Å². The molecule has 2 aromatic carbocycles. The largest absolute Gasteiger partial charge is 0.387 e. The summed E-state index contributed by atoms with van der Waals surface area (Å²) in [6, 6.07) is 13.0. The molecule has 1 heterocycles. The molecule has 5 nitrogen and oxygen atoms in total. The van der Waals surface area contributed by atoms with Crippen LogP contribution >= 0.6 is 11.6 Å². The molecule has 0 aliphatic carbocycles. The Balaban J connectivity index is 1.69. The summed E-state index contributed by atoms with van der Waals surface area (Å²) in [5.74, 6) is 0. The highest BCUT2D eigenvalue weighted by Crippen LogP contribution is 2.23. The van der Waals surface area contributed by atoms with Crippen molar-refractivity contribution in [3.05, 3.63) is 69.1 Å². The number of nitrogens with one attached hydrogen (secondary N) is 3. The number of hydrogen-bond donors (Lipinski definition) is 4. The van der Waals surface area contributed by atoms with Crippen molar-refractivity contribution in [2.75, 3.05) is 6.54 Å². The molecule has 0 spiro atoms. The van der Waals surface area contributed by atoms with E-state index in [1.165, 1.54) is 0 Å². The van der Waals surface area contributed by atoms with E-state index in [4.69, 9.17) is 11.6 Å². The molecule has 0 amide bonds. The van der Waals surface area contributed by atoms with Gasteiger partial charge < -0.3 is 20.4 Å². The van der Waals surface area contributed by atoms with Gasteiger partial charge in [-0.2, -0.15) is 0 Å². The van der Waals surface area contributed by atoms with Gasteiger partial charge in [0, 0.05) is 23.2 Å². The lowest BCUT2D eigenvalue weighted by Crippen LogP contribution is -2.24. The molecule has 2 unspecified atom stereocenters. The maximum absolute atomic E-state index is 11.3. The molecule has 0 saturated carbocycles. The van der Waals surface area contributed by atoms with Gasteiger partial charge in [0.15, 0.2) is 0 Å². The quantitative estimate of drug-likeness (QED) is 0.580. The Morgan fingerprint density at radius 2 is 1.91 bits per heavy atom. The molecule has 3 rings (SSSR count). The number of imidazole rings is 1. The smallest absolute Gasteiger partial charge is 0.323 e. The van der Waals surface area contributed by atoms with E-state index in [1.54, 1.807) is 6.07 Å². The zero-order valence-corrected chi connectivity index (χ0v) is 13.4. The molecule has 0 aliphatic rings. The lowest BCUT2D eigenvalue weighted by molar-refractivity contribution is 0.171. The predicted octanol–water partition coefficient (Wildman–Crippen LogP) is 2.89. The van der Waals surface area contributed by atoms with Crippen LogP contribution in [0.15, 0.2) is 47.3 Å². The number of aromatic nitrogens is 2. The number of rotatable bonds is 5. The normalized spacial score (nSPS) is 14.0. The highest BCUT2D eigenvalue weighted by molar-refractivity contribution is 6.31. The van der Waals surface area contributed by atoms with E-state index in [0.29, 0.717) is 17.1 Å². The topological polar surface area (TPSA) is 80.9 Å². The monoisotopic (exact) mass is 331 g/mol. The van der Waals surface area contributed by atoms with Crippen molar-refractivity contribution in [2.24, 2.45) is 0 Å². The van der Waals surface area contributed by atoms with Gasteiger partial charge in [0.2, 0.25) is 0 Å². The third kappa shape index (κ3) is 3.47. The number of aliphatic hydroxyl groups excluding tert-OH is 1. The minimum absolute atomic E-state index is 0.0231. The van der Waals surface area contributed by atoms with Crippen LogP contribution in [-0.4, -0.2) is 21.6 Å². The average molecular weight is 332 g/mol. The first kappa shape index (κ1) is 15.8. The molecule has 0 saturated heterocycles. The second kappa shape index (κ2) is 6.58. The van der Waals surface area contributed by atoms with Gasteiger partial charge in [-0.15, -0.1) is 0 Å². The van der Waals surface area contributed by atoms with E-state index in [0.717, 1.165) is 16.6 Å². The van der Waals surface area contributed by atoms with Gasteiger partial charge in [-0.3, -0.25) is 0 Å². The standard InChI is InChI=1S/C17H18ClN3O2/c1-10(11-6-7-14-15(8-11)21-17(23)20-14)19-9-16(22)12-4-2-3-5-13(12)18/h2-8,10,16,19,22H,9H2,1H3,(H2,20,21,23). The molecule has 4 N–H and O–H groups in total. The van der Waals surface area contributed by atoms with Crippen LogP contribution in [-0.2, 0) is 0 Å². The zero-order valence-electron chi connectivity index (χ0n) is 12.6. The van der Waals surface area contributed by atoms with E-state index in [1.807, 2.05) is 43.3 Å². The van der Waals surface area contributed by atoms with Crippen LogP contribution in [0.4, 0.5) is 0 Å². The maximum Gasteiger partial charge on any atom is 0.323 e. The SMILES string of the molecule is CC(NCC(O)c1ccccc1Cl)c1ccc2[nH]c(=O)[nH]c2c1. The Kier molecular flexibility index (Phi) is 4.52.